The molecule has 0 radical (unpaired) electrons. The molecule has 3 N–H and O–H groups in total. The maximum atomic E-state index is 12.0. The van der Waals surface area contributed by atoms with Crippen molar-refractivity contribution in [2.45, 2.75) is 6.54 Å². The summed E-state index contributed by atoms with van der Waals surface area (Å²) in [5.74, 6) is 0. The predicted molar refractivity (Wildman–Crippen MR) is 98.4 cm³/mol. The van der Waals surface area contributed by atoms with Gasteiger partial charge in [-0.2, -0.15) is 10.2 Å². The van der Waals surface area contributed by atoms with Crippen LogP contribution in [0.5, 0.6) is 0 Å². The highest BCUT2D eigenvalue weighted by molar-refractivity contribution is 5.92. The van der Waals surface area contributed by atoms with Crippen molar-refractivity contribution in [1.29, 1.82) is 0 Å². The number of hydrogen-bond acceptors (Lipinski definition) is 4. The van der Waals surface area contributed by atoms with Gasteiger partial charge in [-0.1, -0.05) is 12.1 Å². The number of nitrogens with one attached hydrogen (secondary N) is 3. The second kappa shape index (κ2) is 6.67. The minimum Gasteiger partial charge on any atom is -0.334 e. The fourth-order valence-corrected chi connectivity index (χ4v) is 2.75. The number of urea groups is 1. The van der Waals surface area contributed by atoms with E-state index >= 15 is 0 Å². The van der Waals surface area contributed by atoms with E-state index in [-0.39, 0.29) is 6.03 Å². The molecule has 0 fully saturated rings. The molecule has 0 spiro atoms. The molecule has 8 nitrogen and oxygen atoms in total. The van der Waals surface area contributed by atoms with Crippen molar-refractivity contribution in [3.63, 3.8) is 0 Å². The molecule has 0 bridgehead atoms. The number of pyridine rings is 1. The molecular formula is C18H17N7O. The van der Waals surface area contributed by atoms with Gasteiger partial charge in [0.15, 0.2) is 5.65 Å². The van der Waals surface area contributed by atoms with Crippen LogP contribution in [-0.4, -0.2) is 31.0 Å². The van der Waals surface area contributed by atoms with Crippen LogP contribution in [0.1, 0.15) is 5.56 Å². The maximum Gasteiger partial charge on any atom is 0.319 e. The number of aromatic nitrogens is 5. The molecule has 2 amide bonds. The van der Waals surface area contributed by atoms with E-state index in [4.69, 9.17) is 0 Å². The lowest BCUT2D eigenvalue weighted by molar-refractivity contribution is 0.251. The van der Waals surface area contributed by atoms with Gasteiger partial charge in [-0.25, -0.2) is 14.5 Å². The third-order valence-electron chi connectivity index (χ3n) is 4.02. The summed E-state index contributed by atoms with van der Waals surface area (Å²) in [7, 11) is 1.87. The molecule has 0 aliphatic rings. The fraction of sp³-hybridized carbons (Fsp3) is 0.111. The topological polar surface area (TPSA) is 101 Å². The van der Waals surface area contributed by atoms with Crippen molar-refractivity contribution in [1.82, 2.24) is 30.3 Å². The average molecular weight is 347 g/mol. The zero-order chi connectivity index (χ0) is 17.9. The number of H-pyrrole nitrogens is 1. The Labute approximate surface area is 149 Å². The second-order valence-corrected chi connectivity index (χ2v) is 5.84. The molecule has 0 aliphatic heterocycles. The van der Waals surface area contributed by atoms with Gasteiger partial charge in [-0.3, -0.25) is 5.10 Å². The highest BCUT2D eigenvalue weighted by atomic mass is 16.2. The van der Waals surface area contributed by atoms with Gasteiger partial charge in [0.25, 0.3) is 0 Å². The van der Waals surface area contributed by atoms with E-state index < -0.39 is 0 Å². The molecule has 0 unspecified atom stereocenters. The monoisotopic (exact) mass is 347 g/mol. The number of carbonyl (C=O) groups excluding carboxylic acids is 1. The van der Waals surface area contributed by atoms with Crippen LogP contribution in [-0.2, 0) is 13.6 Å². The Bertz CT molecular complexity index is 1040. The van der Waals surface area contributed by atoms with E-state index in [1.54, 1.807) is 23.3 Å². The Hall–Kier alpha value is -3.68. The smallest absolute Gasteiger partial charge is 0.319 e. The molecule has 0 saturated heterocycles. The zero-order valence-electron chi connectivity index (χ0n) is 14.1. The van der Waals surface area contributed by atoms with Crippen molar-refractivity contribution < 1.29 is 4.79 Å². The Morgan fingerprint density at radius 2 is 2.08 bits per heavy atom. The first-order chi connectivity index (χ1) is 12.7. The third-order valence-corrected chi connectivity index (χ3v) is 4.02. The third kappa shape index (κ3) is 3.12. The molecule has 4 aromatic rings. The normalized spacial score (nSPS) is 10.8. The summed E-state index contributed by atoms with van der Waals surface area (Å²) in [5.41, 5.74) is 4.28. The molecule has 8 heteroatoms. The number of nitrogens with zero attached hydrogens (tertiary/aromatic N) is 4. The SMILES string of the molecule is Cn1nc(-c2ccc(NC(=O)NCc3cn[nH]c3)cc2)c2cccnc21. The van der Waals surface area contributed by atoms with Crippen molar-refractivity contribution in [2.75, 3.05) is 5.32 Å². The molecule has 1 aromatic carbocycles. The average Bonchev–Trinajstić information content (AvgIpc) is 3.29. The van der Waals surface area contributed by atoms with E-state index in [0.717, 1.165) is 27.9 Å². The molecular weight excluding hydrogens is 330 g/mol. The number of carbonyl (C=O) groups is 1. The lowest BCUT2D eigenvalue weighted by Crippen LogP contribution is -2.27. The number of hydrogen-bond donors (Lipinski definition) is 3. The summed E-state index contributed by atoms with van der Waals surface area (Å²) in [6.45, 7) is 0.410. The number of anilines is 1. The predicted octanol–water partition coefficient (Wildman–Crippen LogP) is 2.68. The molecule has 3 heterocycles. The Balaban J connectivity index is 1.47. The summed E-state index contributed by atoms with van der Waals surface area (Å²) in [5, 5.41) is 17.7. The van der Waals surface area contributed by atoms with Crippen LogP contribution < -0.4 is 10.6 Å². The van der Waals surface area contributed by atoms with Crippen LogP contribution >= 0.6 is 0 Å². The Morgan fingerprint density at radius 1 is 1.23 bits per heavy atom. The summed E-state index contributed by atoms with van der Waals surface area (Å²) < 4.78 is 1.76. The summed E-state index contributed by atoms with van der Waals surface area (Å²) in [6, 6.07) is 11.2. The fourth-order valence-electron chi connectivity index (χ4n) is 2.75. The zero-order valence-corrected chi connectivity index (χ0v) is 14.1. The van der Waals surface area contributed by atoms with Crippen molar-refractivity contribution in [2.24, 2.45) is 7.05 Å². The second-order valence-electron chi connectivity index (χ2n) is 5.84. The van der Waals surface area contributed by atoms with Crippen LogP contribution in [0.3, 0.4) is 0 Å². The summed E-state index contributed by atoms with van der Waals surface area (Å²) >= 11 is 0. The van der Waals surface area contributed by atoms with Gasteiger partial charge in [0.05, 0.1) is 6.20 Å². The lowest BCUT2D eigenvalue weighted by Gasteiger charge is -2.07. The first-order valence-electron chi connectivity index (χ1n) is 8.11. The Kier molecular flexibility index (Phi) is 4.06. The van der Waals surface area contributed by atoms with Gasteiger partial charge in [-0.05, 0) is 24.3 Å². The van der Waals surface area contributed by atoms with Crippen LogP contribution in [0.2, 0.25) is 0 Å². The van der Waals surface area contributed by atoms with E-state index in [9.17, 15) is 4.79 Å². The van der Waals surface area contributed by atoms with Crippen LogP contribution in [0, 0.1) is 0 Å². The number of aromatic amines is 1. The van der Waals surface area contributed by atoms with Crippen LogP contribution in [0.4, 0.5) is 10.5 Å². The van der Waals surface area contributed by atoms with Crippen molar-refractivity contribution in [3.8, 4) is 11.3 Å². The van der Waals surface area contributed by atoms with Crippen molar-refractivity contribution in [3.05, 3.63) is 60.6 Å². The molecule has 0 saturated carbocycles. The van der Waals surface area contributed by atoms with E-state index in [0.29, 0.717) is 12.2 Å². The number of rotatable bonds is 4. The highest BCUT2D eigenvalue weighted by Crippen LogP contribution is 2.27. The van der Waals surface area contributed by atoms with Crippen molar-refractivity contribution >= 4 is 22.8 Å². The molecule has 4 rings (SSSR count). The lowest BCUT2D eigenvalue weighted by atomic mass is 10.1. The number of benzene rings is 1. The van der Waals surface area contributed by atoms with Gasteiger partial charge in [-0.15, -0.1) is 0 Å². The molecule has 26 heavy (non-hydrogen) atoms. The van der Waals surface area contributed by atoms with E-state index in [1.807, 2.05) is 43.4 Å². The largest absolute Gasteiger partial charge is 0.334 e. The first-order valence-corrected chi connectivity index (χ1v) is 8.11. The van der Waals surface area contributed by atoms with Crippen LogP contribution in [0.25, 0.3) is 22.3 Å². The Morgan fingerprint density at radius 3 is 2.85 bits per heavy atom. The van der Waals surface area contributed by atoms with Gasteiger partial charge in [0, 0.05) is 48.2 Å². The number of fused-ring (bicyclic) bond motifs is 1. The summed E-state index contributed by atoms with van der Waals surface area (Å²) in [6.07, 6.45) is 5.16. The summed E-state index contributed by atoms with van der Waals surface area (Å²) in [4.78, 5) is 16.3. The maximum absolute atomic E-state index is 12.0. The van der Waals surface area contributed by atoms with Gasteiger partial charge in [0.1, 0.15) is 5.69 Å². The van der Waals surface area contributed by atoms with E-state index in [2.05, 4.69) is 30.9 Å². The van der Waals surface area contributed by atoms with Gasteiger partial charge < -0.3 is 10.6 Å². The van der Waals surface area contributed by atoms with Crippen LogP contribution in [0.15, 0.2) is 55.0 Å². The quantitative estimate of drug-likeness (QED) is 0.528. The molecule has 3 aromatic heterocycles. The highest BCUT2D eigenvalue weighted by Gasteiger charge is 2.11. The number of amides is 2. The molecule has 130 valence electrons. The molecule has 0 atom stereocenters. The molecule has 0 aliphatic carbocycles. The standard InChI is InChI=1S/C18H17N7O/c1-25-17-15(3-2-8-19-17)16(24-25)13-4-6-14(7-5-13)23-18(26)20-9-12-10-21-22-11-12/h2-8,10-11H,9H2,1H3,(H,21,22)(H2,20,23,26). The van der Waals surface area contributed by atoms with Gasteiger partial charge in [0.2, 0.25) is 0 Å². The van der Waals surface area contributed by atoms with E-state index in [1.165, 1.54) is 0 Å². The number of aryl methyl sites for hydroxylation is 1. The minimum absolute atomic E-state index is 0.272. The first kappa shape index (κ1) is 15.8. The van der Waals surface area contributed by atoms with Gasteiger partial charge >= 0.3 is 6.03 Å². The minimum atomic E-state index is -0.272.